The van der Waals surface area contributed by atoms with Gasteiger partial charge in [-0.3, -0.25) is 14.6 Å². The number of rotatable bonds is 3. The molecule has 1 aliphatic carbocycles. The number of fused-ring (bicyclic) bond motifs is 1. The Labute approximate surface area is 153 Å². The summed E-state index contributed by atoms with van der Waals surface area (Å²) in [5.74, 6) is 0.0872. The Balaban J connectivity index is 1.33. The van der Waals surface area contributed by atoms with E-state index < -0.39 is 0 Å². The molecule has 2 aliphatic rings. The Morgan fingerprint density at radius 2 is 1.69 bits per heavy atom. The molecular weight excluding hydrogens is 326 g/mol. The van der Waals surface area contributed by atoms with E-state index in [0.717, 1.165) is 18.4 Å². The van der Waals surface area contributed by atoms with Gasteiger partial charge in [-0.25, -0.2) is 0 Å². The normalized spacial score (nSPS) is 16.5. The monoisotopic (exact) mass is 349 g/mol. The lowest BCUT2D eigenvalue weighted by atomic mass is 10.0. The number of aromatic nitrogens is 1. The van der Waals surface area contributed by atoms with Gasteiger partial charge in [-0.1, -0.05) is 24.3 Å². The second-order valence-electron chi connectivity index (χ2n) is 7.02. The van der Waals surface area contributed by atoms with Crippen molar-refractivity contribution >= 4 is 11.8 Å². The zero-order valence-corrected chi connectivity index (χ0v) is 14.9. The van der Waals surface area contributed by atoms with Gasteiger partial charge in [-0.05, 0) is 48.1 Å². The van der Waals surface area contributed by atoms with E-state index in [4.69, 9.17) is 0 Å². The smallest absolute Gasteiger partial charge is 0.272 e. The molecule has 4 rings (SSSR count). The Kier molecular flexibility index (Phi) is 4.69. The lowest BCUT2D eigenvalue weighted by Crippen LogP contribution is -2.51. The van der Waals surface area contributed by atoms with Crippen LogP contribution in [-0.2, 0) is 24.1 Å². The fourth-order valence-corrected chi connectivity index (χ4v) is 3.83. The number of carbonyl (C=O) groups excluding carboxylic acids is 2. The number of carbonyl (C=O) groups is 2. The zero-order valence-electron chi connectivity index (χ0n) is 14.9. The quantitative estimate of drug-likeness (QED) is 0.853. The van der Waals surface area contributed by atoms with E-state index >= 15 is 0 Å². The van der Waals surface area contributed by atoms with Crippen molar-refractivity contribution in [3.63, 3.8) is 0 Å². The van der Waals surface area contributed by atoms with Crippen LogP contribution in [0.15, 0.2) is 42.6 Å². The highest BCUT2D eigenvalue weighted by atomic mass is 16.2. The Bertz CT molecular complexity index is 811. The minimum Gasteiger partial charge on any atom is -0.339 e. The van der Waals surface area contributed by atoms with Crippen LogP contribution in [0.2, 0.25) is 0 Å². The van der Waals surface area contributed by atoms with E-state index in [0.29, 0.717) is 38.3 Å². The molecule has 2 heterocycles. The molecule has 1 aliphatic heterocycles. The highest BCUT2D eigenvalue weighted by molar-refractivity contribution is 5.92. The van der Waals surface area contributed by atoms with Crippen molar-refractivity contribution in [1.29, 1.82) is 0 Å². The van der Waals surface area contributed by atoms with Crippen LogP contribution in [0, 0.1) is 0 Å². The summed E-state index contributed by atoms with van der Waals surface area (Å²) in [6.07, 6.45) is 5.59. The van der Waals surface area contributed by atoms with E-state index in [-0.39, 0.29) is 11.8 Å². The first-order valence-corrected chi connectivity index (χ1v) is 9.29. The molecular formula is C21H23N3O2. The highest BCUT2D eigenvalue weighted by Gasteiger charge is 2.25. The van der Waals surface area contributed by atoms with Gasteiger partial charge in [0.1, 0.15) is 5.69 Å². The van der Waals surface area contributed by atoms with E-state index in [2.05, 4.69) is 23.2 Å². The molecule has 0 N–H and O–H groups in total. The third-order valence-corrected chi connectivity index (χ3v) is 5.32. The summed E-state index contributed by atoms with van der Waals surface area (Å²) >= 11 is 0. The molecule has 1 aromatic heterocycles. The lowest BCUT2D eigenvalue weighted by molar-refractivity contribution is -0.131. The van der Waals surface area contributed by atoms with E-state index in [1.54, 1.807) is 23.2 Å². The molecule has 0 unspecified atom stereocenters. The second-order valence-corrected chi connectivity index (χ2v) is 7.02. The summed E-state index contributed by atoms with van der Waals surface area (Å²) < 4.78 is 0. The topological polar surface area (TPSA) is 53.5 Å². The molecule has 1 fully saturated rings. The number of hydrogen-bond donors (Lipinski definition) is 0. The SMILES string of the molecule is O=C(Cc1ccc2c(c1)CCC2)N1CCN(C(=O)c2ccccn2)CC1. The second kappa shape index (κ2) is 7.28. The number of pyridine rings is 1. The number of amides is 2. The molecule has 0 saturated carbocycles. The van der Waals surface area contributed by atoms with Crippen molar-refractivity contribution in [3.8, 4) is 0 Å². The maximum atomic E-state index is 12.6. The fourth-order valence-electron chi connectivity index (χ4n) is 3.83. The predicted molar refractivity (Wildman–Crippen MR) is 98.9 cm³/mol. The predicted octanol–water partition coefficient (Wildman–Crippen LogP) is 2.10. The maximum absolute atomic E-state index is 12.6. The van der Waals surface area contributed by atoms with Gasteiger partial charge < -0.3 is 9.80 Å². The van der Waals surface area contributed by atoms with Crippen molar-refractivity contribution in [2.75, 3.05) is 26.2 Å². The summed E-state index contributed by atoms with van der Waals surface area (Å²) in [5, 5.41) is 0. The average Bonchev–Trinajstić information content (AvgIpc) is 3.16. The fraction of sp³-hybridized carbons (Fsp3) is 0.381. The standard InChI is InChI=1S/C21H23N3O2/c25-20(15-16-7-8-17-4-3-5-18(17)14-16)23-10-12-24(13-11-23)21(26)19-6-1-2-9-22-19/h1-2,6-9,14H,3-5,10-13,15H2. The Hall–Kier alpha value is -2.69. The van der Waals surface area contributed by atoms with Crippen molar-refractivity contribution in [2.24, 2.45) is 0 Å². The number of hydrogen-bond acceptors (Lipinski definition) is 3. The number of nitrogens with zero attached hydrogens (tertiary/aromatic N) is 3. The maximum Gasteiger partial charge on any atom is 0.272 e. The third-order valence-electron chi connectivity index (χ3n) is 5.32. The van der Waals surface area contributed by atoms with Gasteiger partial charge in [-0.15, -0.1) is 0 Å². The lowest BCUT2D eigenvalue weighted by Gasteiger charge is -2.34. The van der Waals surface area contributed by atoms with Crippen LogP contribution in [0.5, 0.6) is 0 Å². The molecule has 0 bridgehead atoms. The molecule has 0 atom stereocenters. The van der Waals surface area contributed by atoms with Crippen molar-refractivity contribution < 1.29 is 9.59 Å². The summed E-state index contributed by atoms with van der Waals surface area (Å²) in [7, 11) is 0. The molecule has 0 radical (unpaired) electrons. The van der Waals surface area contributed by atoms with Crippen LogP contribution in [-0.4, -0.2) is 52.8 Å². The van der Waals surface area contributed by atoms with Gasteiger partial charge in [0.2, 0.25) is 5.91 Å². The van der Waals surface area contributed by atoms with Crippen LogP contribution in [0.4, 0.5) is 0 Å². The molecule has 1 saturated heterocycles. The first-order chi connectivity index (χ1) is 12.7. The minimum absolute atomic E-state index is 0.0590. The zero-order chi connectivity index (χ0) is 17.9. The Morgan fingerprint density at radius 3 is 2.46 bits per heavy atom. The van der Waals surface area contributed by atoms with Crippen LogP contribution in [0.1, 0.15) is 33.6 Å². The van der Waals surface area contributed by atoms with Crippen molar-refractivity contribution in [1.82, 2.24) is 14.8 Å². The van der Waals surface area contributed by atoms with Crippen LogP contribution < -0.4 is 0 Å². The third kappa shape index (κ3) is 3.47. The molecule has 2 aromatic rings. The minimum atomic E-state index is -0.0590. The van der Waals surface area contributed by atoms with E-state index in [9.17, 15) is 9.59 Å². The van der Waals surface area contributed by atoms with Gasteiger partial charge in [0, 0.05) is 32.4 Å². The summed E-state index contributed by atoms with van der Waals surface area (Å²) in [5.41, 5.74) is 4.40. The molecule has 5 nitrogen and oxygen atoms in total. The van der Waals surface area contributed by atoms with Gasteiger partial charge in [0.25, 0.3) is 5.91 Å². The molecule has 0 spiro atoms. The van der Waals surface area contributed by atoms with Gasteiger partial charge in [-0.2, -0.15) is 0 Å². The first kappa shape index (κ1) is 16.8. The summed E-state index contributed by atoms with van der Waals surface area (Å²) in [6.45, 7) is 2.29. The average molecular weight is 349 g/mol. The molecule has 134 valence electrons. The molecule has 1 aromatic carbocycles. The van der Waals surface area contributed by atoms with Crippen LogP contribution in [0.25, 0.3) is 0 Å². The molecule has 5 heteroatoms. The van der Waals surface area contributed by atoms with Crippen LogP contribution in [0.3, 0.4) is 0 Å². The van der Waals surface area contributed by atoms with Crippen molar-refractivity contribution in [3.05, 3.63) is 65.0 Å². The summed E-state index contributed by atoms with van der Waals surface area (Å²) in [4.78, 5) is 32.8. The first-order valence-electron chi connectivity index (χ1n) is 9.29. The number of benzene rings is 1. The summed E-state index contributed by atoms with van der Waals surface area (Å²) in [6, 6.07) is 11.8. The number of piperazine rings is 1. The molecule has 26 heavy (non-hydrogen) atoms. The van der Waals surface area contributed by atoms with Gasteiger partial charge in [0.05, 0.1) is 6.42 Å². The Morgan fingerprint density at radius 1 is 0.923 bits per heavy atom. The van der Waals surface area contributed by atoms with E-state index in [1.165, 1.54) is 17.5 Å². The van der Waals surface area contributed by atoms with Gasteiger partial charge in [0.15, 0.2) is 0 Å². The van der Waals surface area contributed by atoms with Crippen LogP contribution >= 0.6 is 0 Å². The largest absolute Gasteiger partial charge is 0.339 e. The number of aryl methyl sites for hydroxylation is 2. The highest BCUT2D eigenvalue weighted by Crippen LogP contribution is 2.23. The van der Waals surface area contributed by atoms with Crippen molar-refractivity contribution in [2.45, 2.75) is 25.7 Å². The molecule has 2 amide bonds. The van der Waals surface area contributed by atoms with Gasteiger partial charge >= 0.3 is 0 Å². The van der Waals surface area contributed by atoms with E-state index in [1.807, 2.05) is 11.0 Å².